The number of nitrogens with zero attached hydrogens (tertiary/aromatic N) is 1. The van der Waals surface area contributed by atoms with Crippen molar-refractivity contribution in [1.29, 1.82) is 0 Å². The van der Waals surface area contributed by atoms with Crippen molar-refractivity contribution in [3.05, 3.63) is 60.3 Å². The number of rotatable bonds is 2. The van der Waals surface area contributed by atoms with Crippen LogP contribution in [-0.2, 0) is 0 Å². The molecule has 0 radical (unpaired) electrons. The van der Waals surface area contributed by atoms with Gasteiger partial charge in [0.2, 0.25) is 5.88 Å². The quantitative estimate of drug-likeness (QED) is 0.747. The summed E-state index contributed by atoms with van der Waals surface area (Å²) in [5.74, 6) is 1.00. The Balaban J connectivity index is 2.03. The van der Waals surface area contributed by atoms with Crippen LogP contribution in [0, 0.1) is 6.92 Å². The van der Waals surface area contributed by atoms with E-state index in [-0.39, 0.29) is 5.75 Å². The Morgan fingerprint density at radius 3 is 2.42 bits per heavy atom. The summed E-state index contributed by atoms with van der Waals surface area (Å²) < 4.78 is 5.64. The van der Waals surface area contributed by atoms with Crippen LogP contribution >= 0.6 is 0 Å². The smallest absolute Gasteiger partial charge is 0.219 e. The largest absolute Gasteiger partial charge is 0.504 e. The number of benzene rings is 2. The summed E-state index contributed by atoms with van der Waals surface area (Å²) in [7, 11) is 0. The molecule has 0 atom stereocenters. The third-order valence-corrected chi connectivity index (χ3v) is 2.90. The molecule has 0 fully saturated rings. The highest BCUT2D eigenvalue weighted by molar-refractivity contribution is 5.85. The number of aryl methyl sites for hydroxylation is 1. The van der Waals surface area contributed by atoms with E-state index in [9.17, 15) is 5.11 Å². The molecule has 19 heavy (non-hydrogen) atoms. The molecule has 2 aromatic carbocycles. The molecule has 0 unspecified atom stereocenters. The zero-order valence-corrected chi connectivity index (χ0v) is 10.5. The number of phenols is 1. The molecule has 0 aliphatic rings. The fraction of sp³-hybridized carbons (Fsp3) is 0.0625. The summed E-state index contributed by atoms with van der Waals surface area (Å²) in [6, 6.07) is 16.9. The van der Waals surface area contributed by atoms with E-state index in [0.717, 1.165) is 16.5 Å². The molecular formula is C16H13NO2. The van der Waals surface area contributed by atoms with Gasteiger partial charge in [0, 0.05) is 11.8 Å². The Kier molecular flexibility index (Phi) is 2.80. The van der Waals surface area contributed by atoms with Gasteiger partial charge in [0.1, 0.15) is 0 Å². The van der Waals surface area contributed by atoms with Crippen molar-refractivity contribution >= 4 is 10.8 Å². The van der Waals surface area contributed by atoms with Crippen molar-refractivity contribution in [1.82, 2.24) is 4.98 Å². The normalized spacial score (nSPS) is 10.6. The fourth-order valence-electron chi connectivity index (χ4n) is 1.98. The molecule has 94 valence electrons. The summed E-state index contributed by atoms with van der Waals surface area (Å²) in [5.41, 5.74) is 0.873. The molecule has 3 heteroatoms. The van der Waals surface area contributed by atoms with E-state index in [4.69, 9.17) is 4.74 Å². The van der Waals surface area contributed by atoms with Crippen molar-refractivity contribution in [2.45, 2.75) is 6.92 Å². The number of ether oxygens (including phenoxy) is 1. The Bertz CT molecular complexity index is 738. The highest BCUT2D eigenvalue weighted by Gasteiger charge is 2.07. The lowest BCUT2D eigenvalue weighted by Gasteiger charge is -2.08. The first-order valence-corrected chi connectivity index (χ1v) is 6.06. The van der Waals surface area contributed by atoms with E-state index < -0.39 is 0 Å². The minimum absolute atomic E-state index is 0.113. The minimum Gasteiger partial charge on any atom is -0.504 e. The van der Waals surface area contributed by atoms with Crippen molar-refractivity contribution in [3.63, 3.8) is 0 Å². The Morgan fingerprint density at radius 2 is 1.68 bits per heavy atom. The zero-order valence-electron chi connectivity index (χ0n) is 10.5. The number of hydrogen-bond acceptors (Lipinski definition) is 3. The van der Waals surface area contributed by atoms with Gasteiger partial charge in [-0.3, -0.25) is 0 Å². The highest BCUT2D eigenvalue weighted by atomic mass is 16.5. The SMILES string of the molecule is Cc1cccc(Oc2cc3ccccc3cc2O)n1. The Labute approximate surface area is 111 Å². The summed E-state index contributed by atoms with van der Waals surface area (Å²) in [6.45, 7) is 1.90. The van der Waals surface area contributed by atoms with Gasteiger partial charge in [0.05, 0.1) is 0 Å². The number of aromatic hydroxyl groups is 1. The van der Waals surface area contributed by atoms with Crippen LogP contribution in [0.5, 0.6) is 17.4 Å². The molecule has 3 nitrogen and oxygen atoms in total. The highest BCUT2D eigenvalue weighted by Crippen LogP contribution is 2.34. The lowest BCUT2D eigenvalue weighted by Crippen LogP contribution is -1.90. The number of hydrogen-bond donors (Lipinski definition) is 1. The predicted molar refractivity (Wildman–Crippen MR) is 74.7 cm³/mol. The van der Waals surface area contributed by atoms with Crippen molar-refractivity contribution in [2.75, 3.05) is 0 Å². The first kappa shape index (κ1) is 11.5. The van der Waals surface area contributed by atoms with E-state index in [1.54, 1.807) is 12.1 Å². The van der Waals surface area contributed by atoms with Crippen LogP contribution in [0.15, 0.2) is 54.6 Å². The molecular weight excluding hydrogens is 238 g/mol. The maximum atomic E-state index is 9.99. The molecule has 3 aromatic rings. The van der Waals surface area contributed by atoms with Gasteiger partial charge in [0.25, 0.3) is 0 Å². The number of phenolic OH excluding ortho intramolecular Hbond substituents is 1. The maximum absolute atomic E-state index is 9.99. The van der Waals surface area contributed by atoms with Crippen LogP contribution in [0.25, 0.3) is 10.8 Å². The third-order valence-electron chi connectivity index (χ3n) is 2.90. The molecule has 0 aliphatic heterocycles. The molecule has 0 spiro atoms. The molecule has 3 rings (SSSR count). The van der Waals surface area contributed by atoms with Gasteiger partial charge >= 0.3 is 0 Å². The maximum Gasteiger partial charge on any atom is 0.219 e. The van der Waals surface area contributed by atoms with Crippen LogP contribution < -0.4 is 4.74 Å². The Hall–Kier alpha value is -2.55. The van der Waals surface area contributed by atoms with E-state index in [1.165, 1.54) is 0 Å². The molecule has 0 amide bonds. The summed E-state index contributed by atoms with van der Waals surface area (Å²) in [4.78, 5) is 4.26. The molecule has 1 aromatic heterocycles. The lowest BCUT2D eigenvalue weighted by atomic mass is 10.1. The third kappa shape index (κ3) is 2.36. The fourth-order valence-corrected chi connectivity index (χ4v) is 1.98. The predicted octanol–water partition coefficient (Wildman–Crippen LogP) is 4.04. The van der Waals surface area contributed by atoms with E-state index >= 15 is 0 Å². The first-order valence-electron chi connectivity index (χ1n) is 6.06. The molecule has 0 aliphatic carbocycles. The van der Waals surface area contributed by atoms with Crippen molar-refractivity contribution in [3.8, 4) is 17.4 Å². The van der Waals surface area contributed by atoms with Gasteiger partial charge in [0.15, 0.2) is 11.5 Å². The van der Waals surface area contributed by atoms with Crippen LogP contribution in [-0.4, -0.2) is 10.1 Å². The van der Waals surface area contributed by atoms with Gasteiger partial charge in [-0.1, -0.05) is 30.3 Å². The van der Waals surface area contributed by atoms with Gasteiger partial charge in [-0.15, -0.1) is 0 Å². The van der Waals surface area contributed by atoms with Crippen LogP contribution in [0.1, 0.15) is 5.69 Å². The average Bonchev–Trinajstić information content (AvgIpc) is 2.40. The monoisotopic (exact) mass is 251 g/mol. The van der Waals surface area contributed by atoms with E-state index in [1.807, 2.05) is 49.4 Å². The Morgan fingerprint density at radius 1 is 0.947 bits per heavy atom. The van der Waals surface area contributed by atoms with Crippen molar-refractivity contribution < 1.29 is 9.84 Å². The van der Waals surface area contributed by atoms with Gasteiger partial charge in [-0.25, -0.2) is 4.98 Å². The minimum atomic E-state index is 0.113. The van der Waals surface area contributed by atoms with Gasteiger partial charge in [-0.05, 0) is 35.9 Å². The molecule has 0 saturated carbocycles. The molecule has 0 bridgehead atoms. The lowest BCUT2D eigenvalue weighted by molar-refractivity contribution is 0.403. The van der Waals surface area contributed by atoms with Crippen molar-refractivity contribution in [2.24, 2.45) is 0 Å². The molecule has 1 N–H and O–H groups in total. The molecule has 1 heterocycles. The summed E-state index contributed by atoms with van der Waals surface area (Å²) in [5, 5.41) is 12.0. The summed E-state index contributed by atoms with van der Waals surface area (Å²) >= 11 is 0. The zero-order chi connectivity index (χ0) is 13.2. The van der Waals surface area contributed by atoms with Crippen LogP contribution in [0.4, 0.5) is 0 Å². The topological polar surface area (TPSA) is 42.4 Å². The first-order chi connectivity index (χ1) is 9.22. The van der Waals surface area contributed by atoms with Gasteiger partial charge < -0.3 is 9.84 Å². The number of aromatic nitrogens is 1. The number of fused-ring (bicyclic) bond motifs is 1. The second-order valence-corrected chi connectivity index (χ2v) is 4.39. The number of pyridine rings is 1. The second kappa shape index (κ2) is 4.61. The molecule has 0 saturated heterocycles. The van der Waals surface area contributed by atoms with Gasteiger partial charge in [-0.2, -0.15) is 0 Å². The average molecular weight is 251 g/mol. The van der Waals surface area contributed by atoms with Crippen LogP contribution in [0.3, 0.4) is 0 Å². The van der Waals surface area contributed by atoms with E-state index in [0.29, 0.717) is 11.6 Å². The standard InChI is InChI=1S/C16H13NO2/c1-11-5-4-8-16(17-11)19-15-10-13-7-3-2-6-12(13)9-14(15)18/h2-10,18H,1H3. The van der Waals surface area contributed by atoms with Crippen LogP contribution in [0.2, 0.25) is 0 Å². The van der Waals surface area contributed by atoms with E-state index in [2.05, 4.69) is 4.98 Å². The summed E-state index contributed by atoms with van der Waals surface area (Å²) in [6.07, 6.45) is 0. The second-order valence-electron chi connectivity index (χ2n) is 4.39.